The summed E-state index contributed by atoms with van der Waals surface area (Å²) in [4.78, 5) is 16.5. The fourth-order valence-corrected chi connectivity index (χ4v) is 2.53. The molecule has 1 aromatic rings. The molecule has 1 fully saturated rings. The molecule has 2 rings (SSSR count). The van der Waals surface area contributed by atoms with Crippen molar-refractivity contribution in [2.45, 2.75) is 25.7 Å². The molecule has 1 aromatic heterocycles. The number of pyridine rings is 1. The third-order valence-corrected chi connectivity index (χ3v) is 3.47. The van der Waals surface area contributed by atoms with Gasteiger partial charge in [-0.05, 0) is 24.8 Å². The van der Waals surface area contributed by atoms with Crippen LogP contribution in [0.1, 0.15) is 36.0 Å². The highest BCUT2D eigenvalue weighted by Gasteiger charge is 2.21. The minimum Gasteiger partial charge on any atom is -0.478 e. The Labute approximate surface area is 105 Å². The number of carboxylic acid groups (broad SMARTS) is 1. The van der Waals surface area contributed by atoms with Gasteiger partial charge in [0, 0.05) is 19.8 Å². The van der Waals surface area contributed by atoms with E-state index in [-0.39, 0.29) is 11.4 Å². The first-order valence-corrected chi connectivity index (χ1v) is 6.18. The normalized spacial score (nSPS) is 15.9. The highest BCUT2D eigenvalue weighted by molar-refractivity contribution is 5.88. The molecule has 1 aliphatic carbocycles. The van der Waals surface area contributed by atoms with Gasteiger partial charge in [-0.25, -0.2) is 14.2 Å². The molecule has 0 saturated heterocycles. The molecule has 0 unspecified atom stereocenters. The van der Waals surface area contributed by atoms with E-state index in [1.165, 1.54) is 25.1 Å². The fraction of sp³-hybridized carbons (Fsp3) is 0.538. The number of carbonyl (C=O) groups is 1. The summed E-state index contributed by atoms with van der Waals surface area (Å²) in [6.07, 6.45) is 6.11. The molecular formula is C13H17FN2O2. The maximum atomic E-state index is 14.0. The van der Waals surface area contributed by atoms with Gasteiger partial charge in [0.1, 0.15) is 5.56 Å². The van der Waals surface area contributed by atoms with E-state index in [1.807, 2.05) is 0 Å². The molecule has 1 N–H and O–H groups in total. The number of carboxylic acids is 1. The van der Waals surface area contributed by atoms with Crippen LogP contribution < -0.4 is 4.90 Å². The van der Waals surface area contributed by atoms with Crippen LogP contribution in [-0.2, 0) is 0 Å². The van der Waals surface area contributed by atoms with Gasteiger partial charge in [-0.15, -0.1) is 0 Å². The molecule has 0 atom stereocenters. The van der Waals surface area contributed by atoms with Gasteiger partial charge in [0.2, 0.25) is 0 Å². The molecule has 5 heteroatoms. The summed E-state index contributed by atoms with van der Waals surface area (Å²) < 4.78 is 14.0. The number of halogens is 1. The highest BCUT2D eigenvalue weighted by atomic mass is 19.1. The van der Waals surface area contributed by atoms with Crippen LogP contribution in [0.2, 0.25) is 0 Å². The molecule has 4 nitrogen and oxygen atoms in total. The Kier molecular flexibility index (Phi) is 3.79. The largest absolute Gasteiger partial charge is 0.478 e. The monoisotopic (exact) mass is 252 g/mol. The van der Waals surface area contributed by atoms with Gasteiger partial charge in [0.25, 0.3) is 0 Å². The van der Waals surface area contributed by atoms with Gasteiger partial charge in [-0.3, -0.25) is 0 Å². The number of hydrogen-bond donors (Lipinski definition) is 1. The second-order valence-electron chi connectivity index (χ2n) is 4.83. The second-order valence-corrected chi connectivity index (χ2v) is 4.83. The van der Waals surface area contributed by atoms with Crippen LogP contribution >= 0.6 is 0 Å². The van der Waals surface area contributed by atoms with Crippen LogP contribution in [0.25, 0.3) is 0 Å². The quantitative estimate of drug-likeness (QED) is 0.894. The van der Waals surface area contributed by atoms with Gasteiger partial charge in [0.15, 0.2) is 11.6 Å². The van der Waals surface area contributed by atoms with Gasteiger partial charge >= 0.3 is 5.97 Å². The number of rotatable bonds is 4. The number of anilines is 1. The van der Waals surface area contributed by atoms with Gasteiger partial charge in [-0.1, -0.05) is 12.8 Å². The number of aromatic nitrogens is 1. The van der Waals surface area contributed by atoms with Gasteiger partial charge in [-0.2, -0.15) is 0 Å². The molecule has 0 aromatic carbocycles. The summed E-state index contributed by atoms with van der Waals surface area (Å²) in [5.74, 6) is -1.32. The third kappa shape index (κ3) is 2.60. The SMILES string of the molecule is CN(CC1CCCC1)c1nccc(C(=O)O)c1F. The average Bonchev–Trinajstić information content (AvgIpc) is 2.81. The van der Waals surface area contributed by atoms with Crippen LogP contribution in [0.3, 0.4) is 0 Å². The van der Waals surface area contributed by atoms with Crippen LogP contribution in [0, 0.1) is 11.7 Å². The van der Waals surface area contributed by atoms with E-state index in [4.69, 9.17) is 5.11 Å². The Balaban J connectivity index is 2.16. The third-order valence-electron chi connectivity index (χ3n) is 3.47. The van der Waals surface area contributed by atoms with E-state index in [0.29, 0.717) is 5.92 Å². The van der Waals surface area contributed by atoms with Crippen LogP contribution in [0.4, 0.5) is 10.2 Å². The van der Waals surface area contributed by atoms with Crippen molar-refractivity contribution < 1.29 is 14.3 Å². The van der Waals surface area contributed by atoms with Crippen molar-refractivity contribution >= 4 is 11.8 Å². The molecule has 0 aliphatic heterocycles. The molecular weight excluding hydrogens is 235 g/mol. The average molecular weight is 252 g/mol. The van der Waals surface area contributed by atoms with E-state index in [2.05, 4.69) is 4.98 Å². The van der Waals surface area contributed by atoms with Crippen LogP contribution in [0.15, 0.2) is 12.3 Å². The second kappa shape index (κ2) is 5.33. The van der Waals surface area contributed by atoms with Crippen molar-refractivity contribution in [3.63, 3.8) is 0 Å². The summed E-state index contributed by atoms with van der Waals surface area (Å²) in [6, 6.07) is 1.19. The van der Waals surface area contributed by atoms with Gasteiger partial charge in [0.05, 0.1) is 0 Å². The summed E-state index contributed by atoms with van der Waals surface area (Å²) in [6.45, 7) is 0.729. The minimum absolute atomic E-state index is 0.127. The number of nitrogens with zero attached hydrogens (tertiary/aromatic N) is 2. The Morgan fingerprint density at radius 1 is 1.56 bits per heavy atom. The van der Waals surface area contributed by atoms with E-state index >= 15 is 0 Å². The summed E-state index contributed by atoms with van der Waals surface area (Å²) in [5, 5.41) is 8.87. The van der Waals surface area contributed by atoms with Gasteiger partial charge < -0.3 is 10.0 Å². The molecule has 0 spiro atoms. The zero-order valence-electron chi connectivity index (χ0n) is 10.4. The summed E-state index contributed by atoms with van der Waals surface area (Å²) >= 11 is 0. The molecule has 0 amide bonds. The summed E-state index contributed by atoms with van der Waals surface area (Å²) in [7, 11) is 1.76. The van der Waals surface area contributed by atoms with Crippen molar-refractivity contribution in [2.75, 3.05) is 18.5 Å². The van der Waals surface area contributed by atoms with Crippen molar-refractivity contribution in [3.05, 3.63) is 23.6 Å². The zero-order chi connectivity index (χ0) is 13.1. The lowest BCUT2D eigenvalue weighted by molar-refractivity contribution is 0.0692. The first-order chi connectivity index (χ1) is 8.59. The van der Waals surface area contributed by atoms with Crippen LogP contribution in [0.5, 0.6) is 0 Å². The summed E-state index contributed by atoms with van der Waals surface area (Å²) in [5.41, 5.74) is -0.321. The minimum atomic E-state index is -1.26. The van der Waals surface area contributed by atoms with E-state index in [0.717, 1.165) is 19.4 Å². The molecule has 1 saturated carbocycles. The predicted octanol–water partition coefficient (Wildman–Crippen LogP) is 2.55. The standard InChI is InChI=1S/C13H17FN2O2/c1-16(8-9-4-2-3-5-9)12-11(14)10(13(17)18)6-7-15-12/h6-7,9H,2-5,8H2,1H3,(H,17,18). The van der Waals surface area contributed by atoms with Crippen molar-refractivity contribution in [2.24, 2.45) is 5.92 Å². The molecule has 18 heavy (non-hydrogen) atoms. The molecule has 0 bridgehead atoms. The predicted molar refractivity (Wildman–Crippen MR) is 66.4 cm³/mol. The van der Waals surface area contributed by atoms with E-state index in [9.17, 15) is 9.18 Å². The smallest absolute Gasteiger partial charge is 0.338 e. The first kappa shape index (κ1) is 12.8. The van der Waals surface area contributed by atoms with E-state index in [1.54, 1.807) is 11.9 Å². The zero-order valence-corrected chi connectivity index (χ0v) is 10.4. The fourth-order valence-electron chi connectivity index (χ4n) is 2.53. The van der Waals surface area contributed by atoms with Crippen molar-refractivity contribution in [1.29, 1.82) is 0 Å². The Morgan fingerprint density at radius 3 is 2.83 bits per heavy atom. The molecule has 1 heterocycles. The number of hydrogen-bond acceptors (Lipinski definition) is 3. The maximum absolute atomic E-state index is 14.0. The van der Waals surface area contributed by atoms with Crippen molar-refractivity contribution in [3.8, 4) is 0 Å². The van der Waals surface area contributed by atoms with E-state index < -0.39 is 11.8 Å². The lowest BCUT2D eigenvalue weighted by atomic mass is 10.1. The topological polar surface area (TPSA) is 53.4 Å². The Morgan fingerprint density at radius 2 is 2.22 bits per heavy atom. The number of aromatic carboxylic acids is 1. The molecule has 0 radical (unpaired) electrons. The maximum Gasteiger partial charge on any atom is 0.338 e. The highest BCUT2D eigenvalue weighted by Crippen LogP contribution is 2.27. The molecule has 98 valence electrons. The van der Waals surface area contributed by atoms with Crippen LogP contribution in [-0.4, -0.2) is 29.7 Å². The Bertz CT molecular complexity index is 445. The lowest BCUT2D eigenvalue weighted by Gasteiger charge is -2.22. The van der Waals surface area contributed by atoms with Crippen molar-refractivity contribution in [1.82, 2.24) is 4.98 Å². The first-order valence-electron chi connectivity index (χ1n) is 6.18. The Hall–Kier alpha value is -1.65. The lowest BCUT2D eigenvalue weighted by Crippen LogP contribution is -2.26. The molecule has 1 aliphatic rings.